The molecule has 0 amide bonds. The van der Waals surface area contributed by atoms with Crippen LogP contribution in [0.5, 0.6) is 5.75 Å². The number of rotatable bonds is 11. The van der Waals surface area contributed by atoms with Gasteiger partial charge in [0.15, 0.2) is 18.3 Å². The highest BCUT2D eigenvalue weighted by molar-refractivity contribution is 7.98. The van der Waals surface area contributed by atoms with E-state index in [-0.39, 0.29) is 12.0 Å². The third kappa shape index (κ3) is 9.61. The van der Waals surface area contributed by atoms with Crippen LogP contribution in [0.3, 0.4) is 0 Å². The van der Waals surface area contributed by atoms with Crippen molar-refractivity contribution in [1.82, 2.24) is 0 Å². The number of thioether (sulfide) groups is 1. The number of halogens is 3. The van der Waals surface area contributed by atoms with Crippen LogP contribution in [0.2, 0.25) is 0 Å². The van der Waals surface area contributed by atoms with Crippen LogP contribution in [0.15, 0.2) is 41.3 Å². The van der Waals surface area contributed by atoms with Crippen molar-refractivity contribution in [3.8, 4) is 11.8 Å². The van der Waals surface area contributed by atoms with Crippen LogP contribution in [-0.4, -0.2) is 75.1 Å². The molecule has 18 heteroatoms. The predicted octanol–water partition coefficient (Wildman–Crippen LogP) is 3.90. The standard InChI is InChI=1S/C30H30F3NO12S2/c1-15(35)41-14-24-27(42-16(2)36)29(44-18(4)38)28(43-17(3)37)26(45-24)23-11-20(21(13-34)12-25(23)47-5)10-19-6-8-22(9-7-19)46-48(39,40)30(31,32)33/h6-9,11-12,24,26-29H,10,14H2,1-5H3/t24?,26-,27+,28-,29-/m0/s1. The summed E-state index contributed by atoms with van der Waals surface area (Å²) < 4.78 is 93.0. The van der Waals surface area contributed by atoms with Crippen LogP contribution >= 0.6 is 11.8 Å². The topological polar surface area (TPSA) is 182 Å². The van der Waals surface area contributed by atoms with Gasteiger partial charge in [-0.15, -0.1) is 11.8 Å². The number of carbonyl (C=O) groups is 4. The molecule has 13 nitrogen and oxygen atoms in total. The molecule has 1 aliphatic rings. The van der Waals surface area contributed by atoms with Gasteiger partial charge in [-0.3, -0.25) is 19.2 Å². The fourth-order valence-electron chi connectivity index (χ4n) is 4.83. The molecule has 0 aliphatic carbocycles. The molecule has 1 heterocycles. The molecule has 1 aliphatic heterocycles. The molecule has 0 saturated carbocycles. The molecule has 1 saturated heterocycles. The summed E-state index contributed by atoms with van der Waals surface area (Å²) in [5.74, 6) is -3.71. The third-order valence-electron chi connectivity index (χ3n) is 6.68. The maximum absolute atomic E-state index is 12.7. The van der Waals surface area contributed by atoms with Crippen molar-refractivity contribution in [2.24, 2.45) is 0 Å². The molecule has 48 heavy (non-hydrogen) atoms. The fraction of sp³-hybridized carbons (Fsp3) is 0.433. The zero-order valence-corrected chi connectivity index (χ0v) is 27.7. The number of nitrogens with zero attached hydrogens (tertiary/aromatic N) is 1. The Morgan fingerprint density at radius 3 is 1.96 bits per heavy atom. The van der Waals surface area contributed by atoms with Crippen molar-refractivity contribution in [1.29, 1.82) is 5.26 Å². The number of alkyl halides is 3. The van der Waals surface area contributed by atoms with E-state index in [0.29, 0.717) is 21.6 Å². The lowest BCUT2D eigenvalue weighted by atomic mass is 9.88. The summed E-state index contributed by atoms with van der Waals surface area (Å²) in [6.45, 7) is 3.96. The predicted molar refractivity (Wildman–Crippen MR) is 159 cm³/mol. The molecule has 260 valence electrons. The van der Waals surface area contributed by atoms with Crippen LogP contribution in [0.25, 0.3) is 0 Å². The first kappa shape index (κ1) is 38.1. The van der Waals surface area contributed by atoms with E-state index in [4.69, 9.17) is 23.7 Å². The van der Waals surface area contributed by atoms with Crippen molar-refractivity contribution < 1.29 is 68.6 Å². The largest absolute Gasteiger partial charge is 0.534 e. The quantitative estimate of drug-likeness (QED) is 0.107. The number of ether oxygens (including phenoxy) is 5. The summed E-state index contributed by atoms with van der Waals surface area (Å²) in [6, 6.07) is 9.80. The van der Waals surface area contributed by atoms with Crippen molar-refractivity contribution in [3.63, 3.8) is 0 Å². The average Bonchev–Trinajstić information content (AvgIpc) is 2.97. The van der Waals surface area contributed by atoms with E-state index >= 15 is 0 Å². The molecular formula is C30H30F3NO12S2. The van der Waals surface area contributed by atoms with Crippen LogP contribution in [0.1, 0.15) is 56.1 Å². The maximum atomic E-state index is 12.7. The molecule has 2 aromatic rings. The summed E-state index contributed by atoms with van der Waals surface area (Å²) in [7, 11) is -5.89. The minimum absolute atomic E-state index is 0.00211. The Kier molecular flexibility index (Phi) is 12.5. The molecule has 0 bridgehead atoms. The van der Waals surface area contributed by atoms with Gasteiger partial charge < -0.3 is 27.9 Å². The maximum Gasteiger partial charge on any atom is 0.534 e. The number of hydrogen-bond donors (Lipinski definition) is 0. The molecule has 1 unspecified atom stereocenters. The molecule has 0 aromatic heterocycles. The van der Waals surface area contributed by atoms with Gasteiger partial charge in [0.2, 0.25) is 0 Å². The van der Waals surface area contributed by atoms with Crippen LogP contribution in [0, 0.1) is 11.3 Å². The third-order valence-corrected chi connectivity index (χ3v) is 8.45. The van der Waals surface area contributed by atoms with Gasteiger partial charge in [0, 0.05) is 32.6 Å². The van der Waals surface area contributed by atoms with E-state index in [1.807, 2.05) is 0 Å². The van der Waals surface area contributed by atoms with E-state index in [0.717, 1.165) is 39.8 Å². The van der Waals surface area contributed by atoms with Crippen LogP contribution in [-0.2, 0) is 59.4 Å². The highest BCUT2D eigenvalue weighted by Crippen LogP contribution is 2.42. The minimum Gasteiger partial charge on any atom is -0.463 e. The SMILES string of the molecule is CSc1cc(C#N)c(Cc2ccc(OS(=O)(=O)C(F)(F)F)cc2)cc1[C@@H]1OC(COC(C)=O)[C@@H](OC(C)=O)[C@H](OC(C)=O)[C@H]1OC(C)=O. The number of esters is 4. The summed E-state index contributed by atoms with van der Waals surface area (Å²) >= 11 is 1.19. The summed E-state index contributed by atoms with van der Waals surface area (Å²) in [5.41, 5.74) is -4.29. The van der Waals surface area contributed by atoms with Crippen LogP contribution < -0.4 is 4.18 Å². The summed E-state index contributed by atoms with van der Waals surface area (Å²) in [6.07, 6.45) is -5.02. The fourth-order valence-corrected chi connectivity index (χ4v) is 5.93. The molecule has 2 aromatic carbocycles. The number of nitriles is 1. The molecule has 0 spiro atoms. The van der Waals surface area contributed by atoms with Crippen LogP contribution in [0.4, 0.5) is 13.2 Å². The molecular weight excluding hydrogens is 687 g/mol. The molecule has 0 N–H and O–H groups in total. The Morgan fingerprint density at radius 2 is 1.46 bits per heavy atom. The average molecular weight is 718 g/mol. The zero-order valence-electron chi connectivity index (χ0n) is 26.1. The zero-order chi connectivity index (χ0) is 36.0. The smallest absolute Gasteiger partial charge is 0.463 e. The van der Waals surface area contributed by atoms with E-state index < -0.39 is 82.4 Å². The van der Waals surface area contributed by atoms with Crippen molar-refractivity contribution >= 4 is 45.8 Å². The number of hydrogen-bond acceptors (Lipinski definition) is 14. The van der Waals surface area contributed by atoms with E-state index in [9.17, 15) is 46.0 Å². The lowest BCUT2D eigenvalue weighted by Gasteiger charge is -2.45. The lowest BCUT2D eigenvalue weighted by molar-refractivity contribution is -0.254. The minimum atomic E-state index is -5.89. The van der Waals surface area contributed by atoms with Crippen molar-refractivity contribution in [3.05, 3.63) is 58.7 Å². The summed E-state index contributed by atoms with van der Waals surface area (Å²) in [4.78, 5) is 48.8. The number of carbonyl (C=O) groups excluding carboxylic acids is 4. The van der Waals surface area contributed by atoms with Gasteiger partial charge in [0.1, 0.15) is 24.6 Å². The van der Waals surface area contributed by atoms with Crippen molar-refractivity contribution in [2.45, 2.75) is 75.0 Å². The Hall–Kier alpha value is -4.34. The summed E-state index contributed by atoms with van der Waals surface area (Å²) in [5, 5.41) is 9.95. The van der Waals surface area contributed by atoms with Crippen molar-refractivity contribution in [2.75, 3.05) is 12.9 Å². The molecule has 1 fully saturated rings. The van der Waals surface area contributed by atoms with Gasteiger partial charge in [-0.2, -0.15) is 26.9 Å². The second-order valence-corrected chi connectivity index (χ2v) is 12.7. The monoisotopic (exact) mass is 717 g/mol. The first-order chi connectivity index (χ1) is 22.4. The van der Waals surface area contributed by atoms with E-state index in [2.05, 4.69) is 10.3 Å². The second-order valence-electron chi connectivity index (χ2n) is 10.3. The van der Waals surface area contributed by atoms with Gasteiger partial charge in [0.05, 0.1) is 11.6 Å². The Morgan fingerprint density at radius 1 is 0.896 bits per heavy atom. The highest BCUT2D eigenvalue weighted by Gasteiger charge is 2.53. The lowest BCUT2D eigenvalue weighted by Crippen LogP contribution is -2.59. The molecule has 5 atom stereocenters. The van der Waals surface area contributed by atoms with E-state index in [1.165, 1.54) is 30.0 Å². The molecule has 0 radical (unpaired) electrons. The Bertz CT molecular complexity index is 1690. The van der Waals surface area contributed by atoms with E-state index in [1.54, 1.807) is 12.3 Å². The van der Waals surface area contributed by atoms with Gasteiger partial charge in [-0.25, -0.2) is 0 Å². The van der Waals surface area contributed by atoms with Gasteiger partial charge in [-0.1, -0.05) is 18.2 Å². The highest BCUT2D eigenvalue weighted by atomic mass is 32.2. The Labute approximate surface area is 277 Å². The number of benzene rings is 2. The normalized spacial score (nSPS) is 20.9. The first-order valence-electron chi connectivity index (χ1n) is 13.9. The second kappa shape index (κ2) is 15.7. The van der Waals surface area contributed by atoms with Gasteiger partial charge >= 0.3 is 39.5 Å². The Balaban J connectivity index is 2.13. The molecule has 3 rings (SSSR count). The van der Waals surface area contributed by atoms with Gasteiger partial charge in [0.25, 0.3) is 0 Å². The first-order valence-corrected chi connectivity index (χ1v) is 16.5. The van der Waals surface area contributed by atoms with Gasteiger partial charge in [-0.05, 0) is 47.6 Å².